The minimum absolute atomic E-state index is 0.111. The van der Waals surface area contributed by atoms with Crippen LogP contribution in [0.4, 0.5) is 9.18 Å². The lowest BCUT2D eigenvalue weighted by molar-refractivity contribution is 0.181. The van der Waals surface area contributed by atoms with Crippen LogP contribution in [0, 0.1) is 5.82 Å². The largest absolute Gasteiger partial charge is 0.345 e. The van der Waals surface area contributed by atoms with E-state index in [4.69, 9.17) is 0 Å². The Morgan fingerprint density at radius 2 is 1.69 bits per heavy atom. The van der Waals surface area contributed by atoms with Crippen molar-refractivity contribution in [2.24, 2.45) is 0 Å². The first-order chi connectivity index (χ1) is 13.8. The normalized spacial score (nSPS) is 11.3. The van der Waals surface area contributed by atoms with Gasteiger partial charge in [0.25, 0.3) is 0 Å². The number of hydrogen-bond acceptors (Lipinski definition) is 1. The summed E-state index contributed by atoms with van der Waals surface area (Å²) in [6.45, 7) is 7.43. The standard InChI is InChI=1S/C24H28FN3O/c1-24(2,3)26-23(29)28(16-19-9-5-4-6-10-19)18-22-13-8-14-27(22)17-20-11-7-12-21(25)15-20/h4-15H,16-18H2,1-3H3,(H,26,29). The van der Waals surface area contributed by atoms with Crippen molar-refractivity contribution < 1.29 is 9.18 Å². The monoisotopic (exact) mass is 393 g/mol. The van der Waals surface area contributed by atoms with Crippen LogP contribution in [0.5, 0.6) is 0 Å². The van der Waals surface area contributed by atoms with Crippen molar-refractivity contribution in [2.75, 3.05) is 0 Å². The second-order valence-electron chi connectivity index (χ2n) is 8.28. The molecule has 1 heterocycles. The van der Waals surface area contributed by atoms with E-state index in [2.05, 4.69) is 9.88 Å². The Morgan fingerprint density at radius 3 is 2.38 bits per heavy atom. The first-order valence-corrected chi connectivity index (χ1v) is 9.80. The lowest BCUT2D eigenvalue weighted by Gasteiger charge is -2.29. The molecule has 0 spiro atoms. The number of carbonyl (C=O) groups excluding carboxylic acids is 1. The molecule has 0 saturated carbocycles. The highest BCUT2D eigenvalue weighted by Crippen LogP contribution is 2.15. The summed E-state index contributed by atoms with van der Waals surface area (Å²) in [6, 6.07) is 20.4. The molecule has 0 atom stereocenters. The molecule has 0 unspecified atom stereocenters. The van der Waals surface area contributed by atoms with E-state index in [1.807, 2.05) is 75.5 Å². The van der Waals surface area contributed by atoms with Gasteiger partial charge in [-0.05, 0) is 56.2 Å². The molecule has 0 saturated heterocycles. The topological polar surface area (TPSA) is 37.3 Å². The van der Waals surface area contributed by atoms with Crippen molar-refractivity contribution in [1.29, 1.82) is 0 Å². The van der Waals surface area contributed by atoms with Crippen LogP contribution in [-0.4, -0.2) is 21.0 Å². The molecule has 0 aliphatic heterocycles. The summed E-state index contributed by atoms with van der Waals surface area (Å²) in [5.41, 5.74) is 2.63. The summed E-state index contributed by atoms with van der Waals surface area (Å²) in [4.78, 5) is 14.8. The quantitative estimate of drug-likeness (QED) is 0.615. The van der Waals surface area contributed by atoms with Crippen molar-refractivity contribution in [3.8, 4) is 0 Å². The molecule has 5 heteroatoms. The zero-order chi connectivity index (χ0) is 20.9. The molecule has 0 bridgehead atoms. The van der Waals surface area contributed by atoms with Crippen molar-refractivity contribution in [3.05, 3.63) is 95.6 Å². The summed E-state index contributed by atoms with van der Waals surface area (Å²) < 4.78 is 15.6. The third-order valence-corrected chi connectivity index (χ3v) is 4.50. The third kappa shape index (κ3) is 6.21. The highest BCUT2D eigenvalue weighted by atomic mass is 19.1. The van der Waals surface area contributed by atoms with E-state index in [0.717, 1.165) is 16.8 Å². The van der Waals surface area contributed by atoms with Crippen LogP contribution in [0.15, 0.2) is 72.9 Å². The van der Waals surface area contributed by atoms with Crippen LogP contribution in [0.1, 0.15) is 37.6 Å². The number of nitrogens with one attached hydrogen (secondary N) is 1. The molecular weight excluding hydrogens is 365 g/mol. The summed E-state index contributed by atoms with van der Waals surface area (Å²) in [6.07, 6.45) is 1.96. The van der Waals surface area contributed by atoms with E-state index in [0.29, 0.717) is 19.6 Å². The number of carbonyl (C=O) groups is 1. The number of urea groups is 1. The second-order valence-corrected chi connectivity index (χ2v) is 8.28. The molecule has 0 aliphatic rings. The van der Waals surface area contributed by atoms with Gasteiger partial charge in [-0.15, -0.1) is 0 Å². The SMILES string of the molecule is CC(C)(C)NC(=O)N(Cc1ccccc1)Cc1cccn1Cc1cccc(F)c1. The van der Waals surface area contributed by atoms with Crippen LogP contribution >= 0.6 is 0 Å². The van der Waals surface area contributed by atoms with Crippen molar-refractivity contribution in [1.82, 2.24) is 14.8 Å². The minimum Gasteiger partial charge on any atom is -0.345 e. The number of nitrogens with zero attached hydrogens (tertiary/aromatic N) is 2. The Bertz CT molecular complexity index is 944. The Kier molecular flexibility index (Phi) is 6.37. The van der Waals surface area contributed by atoms with Gasteiger partial charge in [0.2, 0.25) is 0 Å². The van der Waals surface area contributed by atoms with E-state index in [9.17, 15) is 9.18 Å². The maximum Gasteiger partial charge on any atom is 0.318 e. The molecule has 152 valence electrons. The third-order valence-electron chi connectivity index (χ3n) is 4.50. The van der Waals surface area contributed by atoms with E-state index in [-0.39, 0.29) is 17.4 Å². The predicted molar refractivity (Wildman–Crippen MR) is 114 cm³/mol. The fourth-order valence-corrected chi connectivity index (χ4v) is 3.18. The van der Waals surface area contributed by atoms with Gasteiger partial charge in [0.05, 0.1) is 6.54 Å². The lowest BCUT2D eigenvalue weighted by Crippen LogP contribution is -2.48. The average Bonchev–Trinajstić information content (AvgIpc) is 3.07. The molecule has 4 nitrogen and oxygen atoms in total. The van der Waals surface area contributed by atoms with Gasteiger partial charge in [-0.2, -0.15) is 0 Å². The summed E-state index contributed by atoms with van der Waals surface area (Å²) in [5, 5.41) is 3.06. The number of aromatic nitrogens is 1. The van der Waals surface area contributed by atoms with Crippen LogP contribution < -0.4 is 5.32 Å². The van der Waals surface area contributed by atoms with E-state index in [1.54, 1.807) is 11.0 Å². The van der Waals surface area contributed by atoms with Gasteiger partial charge >= 0.3 is 6.03 Å². The molecule has 3 rings (SSSR count). The Morgan fingerprint density at radius 1 is 0.966 bits per heavy atom. The first-order valence-electron chi connectivity index (χ1n) is 9.80. The molecule has 1 N–H and O–H groups in total. The number of rotatable bonds is 6. The van der Waals surface area contributed by atoms with Crippen molar-refractivity contribution in [2.45, 2.75) is 45.9 Å². The predicted octanol–water partition coefficient (Wildman–Crippen LogP) is 5.19. The first kappa shape index (κ1) is 20.6. The molecule has 1 aromatic heterocycles. The van der Waals surface area contributed by atoms with Gasteiger partial charge in [-0.25, -0.2) is 9.18 Å². The van der Waals surface area contributed by atoms with Crippen molar-refractivity contribution in [3.63, 3.8) is 0 Å². The maximum atomic E-state index is 13.5. The Labute approximate surface area is 172 Å². The molecule has 29 heavy (non-hydrogen) atoms. The zero-order valence-corrected chi connectivity index (χ0v) is 17.2. The lowest BCUT2D eigenvalue weighted by atomic mass is 10.1. The number of benzene rings is 2. The maximum absolute atomic E-state index is 13.5. The summed E-state index contributed by atoms with van der Waals surface area (Å²) in [5.74, 6) is -0.244. The minimum atomic E-state index is -0.324. The number of hydrogen-bond donors (Lipinski definition) is 1. The number of halogens is 1. The van der Waals surface area contributed by atoms with Gasteiger partial charge in [-0.1, -0.05) is 42.5 Å². The fraction of sp³-hybridized carbons (Fsp3) is 0.292. The van der Waals surface area contributed by atoms with E-state index >= 15 is 0 Å². The summed E-state index contributed by atoms with van der Waals surface area (Å²) in [7, 11) is 0. The highest BCUT2D eigenvalue weighted by Gasteiger charge is 2.21. The van der Waals surface area contributed by atoms with Gasteiger partial charge in [0.1, 0.15) is 5.82 Å². The Hall–Kier alpha value is -3.08. The van der Waals surface area contributed by atoms with Crippen LogP contribution in [0.2, 0.25) is 0 Å². The fourth-order valence-electron chi connectivity index (χ4n) is 3.18. The molecule has 2 amide bonds. The average molecular weight is 394 g/mol. The number of amides is 2. The highest BCUT2D eigenvalue weighted by molar-refractivity contribution is 5.75. The molecule has 2 aromatic carbocycles. The Balaban J connectivity index is 1.80. The van der Waals surface area contributed by atoms with Crippen LogP contribution in [0.25, 0.3) is 0 Å². The van der Waals surface area contributed by atoms with E-state index < -0.39 is 0 Å². The van der Waals surface area contributed by atoms with Crippen LogP contribution in [0.3, 0.4) is 0 Å². The van der Waals surface area contributed by atoms with Gasteiger partial charge in [-0.3, -0.25) is 0 Å². The molecular formula is C24H28FN3O. The molecule has 0 radical (unpaired) electrons. The molecule has 0 fully saturated rings. The van der Waals surface area contributed by atoms with Gasteiger partial charge in [0, 0.05) is 30.5 Å². The zero-order valence-electron chi connectivity index (χ0n) is 17.2. The van der Waals surface area contributed by atoms with Gasteiger partial charge in [0.15, 0.2) is 0 Å². The molecule has 3 aromatic rings. The van der Waals surface area contributed by atoms with Crippen LogP contribution in [-0.2, 0) is 19.6 Å². The smallest absolute Gasteiger partial charge is 0.318 e. The summed E-state index contributed by atoms with van der Waals surface area (Å²) >= 11 is 0. The second kappa shape index (κ2) is 8.95. The molecule has 0 aliphatic carbocycles. The van der Waals surface area contributed by atoms with Crippen molar-refractivity contribution >= 4 is 6.03 Å². The van der Waals surface area contributed by atoms with Gasteiger partial charge < -0.3 is 14.8 Å². The van der Waals surface area contributed by atoms with E-state index in [1.165, 1.54) is 12.1 Å².